The van der Waals surface area contributed by atoms with Gasteiger partial charge in [0.1, 0.15) is 11.8 Å². The molecule has 136 valence electrons. The Morgan fingerprint density at radius 1 is 0.923 bits per heavy atom. The first-order valence-electron chi connectivity index (χ1n) is 8.69. The highest BCUT2D eigenvalue weighted by Crippen LogP contribution is 2.18. The van der Waals surface area contributed by atoms with Crippen LogP contribution in [0.1, 0.15) is 11.6 Å². The van der Waals surface area contributed by atoms with E-state index in [1.807, 2.05) is 43.4 Å². The lowest BCUT2D eigenvalue weighted by atomic mass is 10.1. The summed E-state index contributed by atoms with van der Waals surface area (Å²) in [6.45, 7) is 2.94. The van der Waals surface area contributed by atoms with Crippen molar-refractivity contribution < 1.29 is 14.3 Å². The van der Waals surface area contributed by atoms with Crippen molar-refractivity contribution in [2.75, 3.05) is 33.2 Å². The molecule has 0 aromatic heterocycles. The number of hydrogen-bond donors (Lipinski definition) is 1. The molecule has 0 bridgehead atoms. The van der Waals surface area contributed by atoms with E-state index >= 15 is 0 Å². The van der Waals surface area contributed by atoms with Gasteiger partial charge in [-0.25, -0.2) is 4.79 Å². The van der Waals surface area contributed by atoms with Crippen LogP contribution >= 0.6 is 0 Å². The highest BCUT2D eigenvalue weighted by Gasteiger charge is 2.29. The number of carbonyl (C=O) groups is 2. The monoisotopic (exact) mass is 353 g/mol. The number of carbonyl (C=O) groups excluding carboxylic acids is 2. The maximum atomic E-state index is 13.0. The first-order valence-corrected chi connectivity index (χ1v) is 8.69. The van der Waals surface area contributed by atoms with Gasteiger partial charge in [0.2, 0.25) is 5.91 Å². The quantitative estimate of drug-likeness (QED) is 0.916. The van der Waals surface area contributed by atoms with Crippen LogP contribution < -0.4 is 10.1 Å². The molecule has 0 saturated carbocycles. The van der Waals surface area contributed by atoms with Gasteiger partial charge in [-0.1, -0.05) is 48.5 Å². The van der Waals surface area contributed by atoms with Gasteiger partial charge in [-0.05, 0) is 24.7 Å². The molecule has 1 N–H and O–H groups in total. The highest BCUT2D eigenvalue weighted by molar-refractivity contribution is 5.87. The highest BCUT2D eigenvalue weighted by atomic mass is 16.6. The number of amides is 2. The van der Waals surface area contributed by atoms with E-state index in [0.717, 1.165) is 18.7 Å². The first kappa shape index (κ1) is 17.9. The second-order valence-electron chi connectivity index (χ2n) is 6.32. The molecule has 26 heavy (non-hydrogen) atoms. The summed E-state index contributed by atoms with van der Waals surface area (Å²) in [6.07, 6.45) is -0.646. The van der Waals surface area contributed by atoms with E-state index in [4.69, 9.17) is 4.74 Å². The van der Waals surface area contributed by atoms with E-state index in [1.165, 1.54) is 0 Å². The summed E-state index contributed by atoms with van der Waals surface area (Å²) in [6, 6.07) is 17.3. The van der Waals surface area contributed by atoms with Gasteiger partial charge in [0.15, 0.2) is 0 Å². The van der Waals surface area contributed by atoms with Crippen LogP contribution in [0.25, 0.3) is 0 Å². The fraction of sp³-hybridized carbons (Fsp3) is 0.300. The number of rotatable bonds is 4. The molecule has 1 heterocycles. The van der Waals surface area contributed by atoms with Crippen molar-refractivity contribution in [1.29, 1.82) is 0 Å². The predicted molar refractivity (Wildman–Crippen MR) is 98.9 cm³/mol. The third-order valence-corrected chi connectivity index (χ3v) is 4.41. The summed E-state index contributed by atoms with van der Waals surface area (Å²) in [4.78, 5) is 29.3. The molecular formula is C20H23N3O3. The molecule has 1 aliphatic rings. The number of piperazine rings is 1. The third-order valence-electron chi connectivity index (χ3n) is 4.41. The number of nitrogens with one attached hydrogen (secondary N) is 1. The number of benzene rings is 2. The Kier molecular flexibility index (Phi) is 5.86. The summed E-state index contributed by atoms with van der Waals surface area (Å²) in [7, 11) is 2.03. The van der Waals surface area contributed by atoms with Gasteiger partial charge >= 0.3 is 6.09 Å². The van der Waals surface area contributed by atoms with Crippen molar-refractivity contribution in [3.63, 3.8) is 0 Å². The molecule has 6 heteroatoms. The molecule has 2 aromatic carbocycles. The molecule has 1 aliphatic heterocycles. The average molecular weight is 353 g/mol. The Balaban J connectivity index is 1.73. The predicted octanol–water partition coefficient (Wildman–Crippen LogP) is 2.29. The van der Waals surface area contributed by atoms with Crippen LogP contribution in [0, 0.1) is 0 Å². The van der Waals surface area contributed by atoms with Crippen LogP contribution in [0.2, 0.25) is 0 Å². The van der Waals surface area contributed by atoms with E-state index < -0.39 is 12.1 Å². The maximum absolute atomic E-state index is 13.0. The lowest BCUT2D eigenvalue weighted by Crippen LogP contribution is -2.51. The van der Waals surface area contributed by atoms with Gasteiger partial charge in [0, 0.05) is 26.2 Å². The smallest absolute Gasteiger partial charge is 0.410 e. The van der Waals surface area contributed by atoms with Crippen molar-refractivity contribution in [3.05, 3.63) is 66.2 Å². The molecule has 1 saturated heterocycles. The minimum Gasteiger partial charge on any atom is -0.410 e. The number of ether oxygens (including phenoxy) is 1. The van der Waals surface area contributed by atoms with Gasteiger partial charge in [-0.15, -0.1) is 0 Å². The van der Waals surface area contributed by atoms with Crippen LogP contribution in [-0.4, -0.2) is 55.0 Å². The fourth-order valence-electron chi connectivity index (χ4n) is 2.89. The normalized spacial score (nSPS) is 16.0. The average Bonchev–Trinajstić information content (AvgIpc) is 2.68. The summed E-state index contributed by atoms with van der Waals surface area (Å²) in [5, 5.41) is 2.72. The molecule has 2 aromatic rings. The minimum absolute atomic E-state index is 0.116. The fourth-order valence-corrected chi connectivity index (χ4v) is 2.89. The number of likely N-dealkylation sites (N-methyl/N-ethyl adjacent to an activating group) is 1. The van der Waals surface area contributed by atoms with Crippen molar-refractivity contribution in [2.45, 2.75) is 6.04 Å². The summed E-state index contributed by atoms with van der Waals surface area (Å²) in [5.74, 6) is 0.318. The molecule has 3 rings (SSSR count). The van der Waals surface area contributed by atoms with E-state index in [2.05, 4.69) is 10.2 Å². The van der Waals surface area contributed by atoms with E-state index in [0.29, 0.717) is 18.8 Å². The molecule has 1 atom stereocenters. The summed E-state index contributed by atoms with van der Waals surface area (Å²) >= 11 is 0. The van der Waals surface area contributed by atoms with Gasteiger partial charge in [-0.2, -0.15) is 0 Å². The van der Waals surface area contributed by atoms with Crippen LogP contribution in [0.15, 0.2) is 60.7 Å². The van der Waals surface area contributed by atoms with E-state index in [-0.39, 0.29) is 5.91 Å². The van der Waals surface area contributed by atoms with Gasteiger partial charge in [0.25, 0.3) is 0 Å². The van der Waals surface area contributed by atoms with Gasteiger partial charge in [-0.3, -0.25) is 4.79 Å². The molecule has 0 radical (unpaired) electrons. The Hall–Kier alpha value is -2.86. The van der Waals surface area contributed by atoms with Gasteiger partial charge < -0.3 is 19.9 Å². The van der Waals surface area contributed by atoms with Crippen molar-refractivity contribution in [2.24, 2.45) is 0 Å². The zero-order valence-electron chi connectivity index (χ0n) is 14.8. The maximum Gasteiger partial charge on any atom is 0.413 e. The third kappa shape index (κ3) is 4.61. The largest absolute Gasteiger partial charge is 0.413 e. The zero-order valence-corrected chi connectivity index (χ0v) is 14.8. The molecule has 2 amide bonds. The topological polar surface area (TPSA) is 61.9 Å². The van der Waals surface area contributed by atoms with Crippen LogP contribution in [0.4, 0.5) is 4.79 Å². The second kappa shape index (κ2) is 8.49. The van der Waals surface area contributed by atoms with Gasteiger partial charge in [0.05, 0.1) is 0 Å². The Labute approximate surface area is 153 Å². The Morgan fingerprint density at radius 2 is 1.50 bits per heavy atom. The van der Waals surface area contributed by atoms with E-state index in [9.17, 15) is 9.59 Å². The Bertz CT molecular complexity index is 728. The standard InChI is InChI=1S/C20H23N3O3/c1-22-12-14-23(15-13-22)19(24)18(16-8-4-2-5-9-16)21-20(25)26-17-10-6-3-7-11-17/h2-11,18H,12-15H2,1H3,(H,21,25)/t18-/m0/s1. The molecule has 0 unspecified atom stereocenters. The SMILES string of the molecule is CN1CCN(C(=O)[C@@H](NC(=O)Oc2ccccc2)c2ccccc2)CC1. The van der Waals surface area contributed by atoms with Crippen LogP contribution in [0.5, 0.6) is 5.75 Å². The number of para-hydroxylation sites is 1. The molecule has 6 nitrogen and oxygen atoms in total. The van der Waals surface area contributed by atoms with E-state index in [1.54, 1.807) is 29.2 Å². The molecule has 0 aliphatic carbocycles. The lowest BCUT2D eigenvalue weighted by molar-refractivity contribution is -0.135. The first-order chi connectivity index (χ1) is 12.6. The van der Waals surface area contributed by atoms with Crippen molar-refractivity contribution in [1.82, 2.24) is 15.1 Å². The second-order valence-corrected chi connectivity index (χ2v) is 6.32. The minimum atomic E-state index is -0.768. The lowest BCUT2D eigenvalue weighted by Gasteiger charge is -2.34. The molecule has 1 fully saturated rings. The van der Waals surface area contributed by atoms with Crippen molar-refractivity contribution >= 4 is 12.0 Å². The summed E-state index contributed by atoms with van der Waals surface area (Å²) in [5.41, 5.74) is 0.737. The number of hydrogen-bond acceptors (Lipinski definition) is 4. The van der Waals surface area contributed by atoms with Crippen molar-refractivity contribution in [3.8, 4) is 5.75 Å². The van der Waals surface area contributed by atoms with Crippen LogP contribution in [0.3, 0.4) is 0 Å². The zero-order chi connectivity index (χ0) is 18.4. The molecule has 0 spiro atoms. The summed E-state index contributed by atoms with van der Waals surface area (Å²) < 4.78 is 5.29. The number of nitrogens with zero attached hydrogens (tertiary/aromatic N) is 2. The Morgan fingerprint density at radius 3 is 2.12 bits per heavy atom. The molecular weight excluding hydrogens is 330 g/mol. The van der Waals surface area contributed by atoms with Crippen LogP contribution in [-0.2, 0) is 4.79 Å².